The lowest BCUT2D eigenvalue weighted by Crippen LogP contribution is -2.40. The van der Waals surface area contributed by atoms with Crippen LogP contribution in [0, 0.1) is 5.92 Å². The van der Waals surface area contributed by atoms with Crippen LogP contribution >= 0.6 is 0 Å². The minimum atomic E-state index is -1.02. The molecule has 0 bridgehead atoms. The number of ketones is 1. The summed E-state index contributed by atoms with van der Waals surface area (Å²) in [4.78, 5) is 24.3. The van der Waals surface area contributed by atoms with Crippen LogP contribution in [0.2, 0.25) is 0 Å². The van der Waals surface area contributed by atoms with Crippen LogP contribution in [-0.4, -0.2) is 31.6 Å². The molecule has 0 amide bonds. The molecular weight excluding hydrogens is 360 g/mol. The molecule has 1 heterocycles. The van der Waals surface area contributed by atoms with E-state index in [1.807, 2.05) is 19.1 Å². The molecule has 1 aliphatic carbocycles. The number of allylic oxidation sites excluding steroid dienone is 3. The van der Waals surface area contributed by atoms with E-state index in [1.165, 1.54) is 13.0 Å². The molecule has 0 radical (unpaired) electrons. The van der Waals surface area contributed by atoms with Crippen LogP contribution in [0.1, 0.15) is 31.9 Å². The first-order chi connectivity index (χ1) is 13.3. The number of methoxy groups -OCH3 is 2. The zero-order chi connectivity index (χ0) is 20.5. The van der Waals surface area contributed by atoms with Crippen LogP contribution in [0.25, 0.3) is 0 Å². The average Bonchev–Trinajstić information content (AvgIpc) is 2.92. The second-order valence-electron chi connectivity index (χ2n) is 6.96. The van der Waals surface area contributed by atoms with Crippen LogP contribution in [0.3, 0.4) is 0 Å². The number of carbonyl (C=O) groups is 2. The van der Waals surface area contributed by atoms with Crippen molar-refractivity contribution in [3.8, 4) is 11.5 Å². The molecule has 0 aromatic heterocycles. The number of rotatable bonds is 6. The molecule has 1 aliphatic heterocycles. The maximum absolute atomic E-state index is 12.4. The minimum absolute atomic E-state index is 0.121. The van der Waals surface area contributed by atoms with Gasteiger partial charge in [0.2, 0.25) is 0 Å². The summed E-state index contributed by atoms with van der Waals surface area (Å²) >= 11 is 0. The second kappa shape index (κ2) is 7.54. The van der Waals surface area contributed by atoms with Crippen LogP contribution in [0.4, 0.5) is 0 Å². The van der Waals surface area contributed by atoms with Gasteiger partial charge in [-0.25, -0.2) is 0 Å². The molecule has 0 spiro atoms. The van der Waals surface area contributed by atoms with Gasteiger partial charge in [-0.15, -0.1) is 6.58 Å². The molecule has 6 heteroatoms. The Morgan fingerprint density at radius 2 is 2.00 bits per heavy atom. The lowest BCUT2D eigenvalue weighted by molar-refractivity contribution is -0.163. The first kappa shape index (κ1) is 19.7. The number of esters is 1. The third-order valence-electron chi connectivity index (χ3n) is 5.09. The maximum Gasteiger partial charge on any atom is 0.303 e. The Labute approximate surface area is 164 Å². The molecule has 3 rings (SSSR count). The molecule has 1 aromatic rings. The van der Waals surface area contributed by atoms with Crippen LogP contribution in [0.5, 0.6) is 11.5 Å². The van der Waals surface area contributed by atoms with Crippen molar-refractivity contribution in [2.75, 3.05) is 14.2 Å². The summed E-state index contributed by atoms with van der Waals surface area (Å²) in [6.45, 7) is 6.88. The van der Waals surface area contributed by atoms with Crippen molar-refractivity contribution in [1.82, 2.24) is 0 Å². The van der Waals surface area contributed by atoms with Crippen molar-refractivity contribution >= 4 is 11.8 Å². The molecule has 3 atom stereocenters. The van der Waals surface area contributed by atoms with Crippen molar-refractivity contribution in [3.63, 3.8) is 0 Å². The smallest absolute Gasteiger partial charge is 0.303 e. The van der Waals surface area contributed by atoms with Gasteiger partial charge < -0.3 is 18.9 Å². The fraction of sp³-hybridized carbons (Fsp3) is 0.364. The number of carbonyl (C=O) groups excluding carboxylic acids is 2. The third kappa shape index (κ3) is 3.30. The number of ether oxygens (including phenoxy) is 4. The summed E-state index contributed by atoms with van der Waals surface area (Å²) < 4.78 is 22.6. The predicted molar refractivity (Wildman–Crippen MR) is 103 cm³/mol. The molecule has 1 aromatic carbocycles. The molecule has 28 heavy (non-hydrogen) atoms. The van der Waals surface area contributed by atoms with Crippen molar-refractivity contribution < 1.29 is 28.5 Å². The summed E-state index contributed by atoms with van der Waals surface area (Å²) in [5.41, 5.74) is 0.339. The molecule has 2 aliphatic rings. The lowest BCUT2D eigenvalue weighted by atomic mass is 9.79. The Balaban J connectivity index is 2.09. The summed E-state index contributed by atoms with van der Waals surface area (Å²) in [6.07, 6.45) is 4.80. The molecule has 3 unspecified atom stereocenters. The first-order valence-corrected chi connectivity index (χ1v) is 8.99. The molecular formula is C22H24O6. The van der Waals surface area contributed by atoms with E-state index in [0.29, 0.717) is 29.3 Å². The van der Waals surface area contributed by atoms with E-state index in [2.05, 4.69) is 6.58 Å². The third-order valence-corrected chi connectivity index (χ3v) is 5.09. The van der Waals surface area contributed by atoms with Crippen molar-refractivity contribution in [1.29, 1.82) is 0 Å². The normalized spacial score (nSPS) is 25.8. The summed E-state index contributed by atoms with van der Waals surface area (Å²) in [7, 11) is 3.11. The Morgan fingerprint density at radius 3 is 2.61 bits per heavy atom. The minimum Gasteiger partial charge on any atom is -0.493 e. The van der Waals surface area contributed by atoms with E-state index in [-0.39, 0.29) is 11.7 Å². The van der Waals surface area contributed by atoms with E-state index >= 15 is 0 Å². The number of benzene rings is 1. The number of fused-ring (bicyclic) bond motifs is 1. The standard InChI is InChI=1S/C22H24O6/c1-6-7-14-10-16-19(12-17(14)24)27-21(22(16,3)28-13(2)23)15-8-9-18(25-4)20(11-15)26-5/h6,8-12,16,21H,1,7H2,2-5H3. The zero-order valence-corrected chi connectivity index (χ0v) is 16.5. The van der Waals surface area contributed by atoms with Crippen LogP contribution < -0.4 is 9.47 Å². The van der Waals surface area contributed by atoms with Crippen molar-refractivity contribution in [2.24, 2.45) is 5.92 Å². The van der Waals surface area contributed by atoms with E-state index in [1.54, 1.807) is 32.4 Å². The Morgan fingerprint density at radius 1 is 1.29 bits per heavy atom. The first-order valence-electron chi connectivity index (χ1n) is 8.99. The van der Waals surface area contributed by atoms with Gasteiger partial charge >= 0.3 is 5.97 Å². The summed E-state index contributed by atoms with van der Waals surface area (Å²) in [5, 5.41) is 0. The zero-order valence-electron chi connectivity index (χ0n) is 16.5. The topological polar surface area (TPSA) is 71.1 Å². The Bertz CT molecular complexity index is 881. The lowest BCUT2D eigenvalue weighted by Gasteiger charge is -2.33. The van der Waals surface area contributed by atoms with Gasteiger partial charge in [-0.2, -0.15) is 0 Å². The Hall–Kier alpha value is -3.02. The van der Waals surface area contributed by atoms with Crippen LogP contribution in [0.15, 0.2) is 54.3 Å². The molecule has 0 saturated carbocycles. The summed E-state index contributed by atoms with van der Waals surface area (Å²) in [5.74, 6) is 0.691. The fourth-order valence-electron chi connectivity index (χ4n) is 3.81. The quantitative estimate of drug-likeness (QED) is 0.550. The average molecular weight is 384 g/mol. The van der Waals surface area contributed by atoms with Gasteiger partial charge in [0, 0.05) is 24.1 Å². The van der Waals surface area contributed by atoms with E-state index in [4.69, 9.17) is 18.9 Å². The van der Waals surface area contributed by atoms with Crippen molar-refractivity contribution in [3.05, 3.63) is 59.9 Å². The Kier molecular flexibility index (Phi) is 5.31. The van der Waals surface area contributed by atoms with Gasteiger partial charge in [-0.3, -0.25) is 9.59 Å². The van der Waals surface area contributed by atoms with Gasteiger partial charge in [0.25, 0.3) is 0 Å². The highest BCUT2D eigenvalue weighted by Crippen LogP contribution is 2.52. The largest absolute Gasteiger partial charge is 0.493 e. The summed E-state index contributed by atoms with van der Waals surface area (Å²) in [6, 6.07) is 5.40. The van der Waals surface area contributed by atoms with Gasteiger partial charge in [0.15, 0.2) is 29.0 Å². The van der Waals surface area contributed by atoms with E-state index in [9.17, 15) is 9.59 Å². The van der Waals surface area contributed by atoms with Gasteiger partial charge in [0.1, 0.15) is 5.76 Å². The highest BCUT2D eigenvalue weighted by atomic mass is 16.6. The fourth-order valence-corrected chi connectivity index (χ4v) is 3.81. The van der Waals surface area contributed by atoms with Gasteiger partial charge in [-0.05, 0) is 25.5 Å². The van der Waals surface area contributed by atoms with E-state index < -0.39 is 17.7 Å². The highest BCUT2D eigenvalue weighted by Gasteiger charge is 2.55. The second-order valence-corrected chi connectivity index (χ2v) is 6.96. The maximum atomic E-state index is 12.4. The SMILES string of the molecule is C=CCC1=CC2C(=CC1=O)OC(c1ccc(OC)c(OC)c1)C2(C)OC(C)=O. The highest BCUT2D eigenvalue weighted by molar-refractivity contribution is 6.05. The number of hydrogen-bond donors (Lipinski definition) is 0. The van der Waals surface area contributed by atoms with Crippen LogP contribution in [-0.2, 0) is 19.1 Å². The molecule has 6 nitrogen and oxygen atoms in total. The van der Waals surface area contributed by atoms with Crippen molar-refractivity contribution in [2.45, 2.75) is 32.0 Å². The van der Waals surface area contributed by atoms with Gasteiger partial charge in [-0.1, -0.05) is 18.2 Å². The predicted octanol–water partition coefficient (Wildman–Crippen LogP) is 3.68. The monoisotopic (exact) mass is 384 g/mol. The van der Waals surface area contributed by atoms with E-state index in [0.717, 1.165) is 5.56 Å². The molecule has 1 saturated heterocycles. The molecule has 1 fully saturated rings. The number of hydrogen-bond acceptors (Lipinski definition) is 6. The molecule has 148 valence electrons. The molecule has 0 N–H and O–H groups in total. The van der Waals surface area contributed by atoms with Gasteiger partial charge in [0.05, 0.1) is 20.1 Å².